The number of thioether (sulfide) groups is 1. The first-order chi connectivity index (χ1) is 13.6. The smallest absolute Gasteiger partial charge is 0.339 e. The molecule has 1 heterocycles. The standard InChI is InChI=1S/C21H18FNO4S/c22-18-9-3-1-6-15(18)12-23-20(24)13-27-21(25)17-8-2-4-10-19(17)28-14-16-7-5-11-26-16/h1-11H,12-14H2,(H,23,24). The molecule has 0 spiro atoms. The van der Waals surface area contributed by atoms with E-state index in [-0.39, 0.29) is 6.54 Å². The van der Waals surface area contributed by atoms with E-state index in [1.807, 2.05) is 18.2 Å². The Morgan fingerprint density at radius 1 is 1.04 bits per heavy atom. The van der Waals surface area contributed by atoms with Crippen LogP contribution in [0, 0.1) is 5.82 Å². The maximum absolute atomic E-state index is 13.5. The van der Waals surface area contributed by atoms with Gasteiger partial charge in [-0.1, -0.05) is 30.3 Å². The number of carbonyl (C=O) groups excluding carboxylic acids is 2. The molecule has 0 bridgehead atoms. The SMILES string of the molecule is O=C(COC(=O)c1ccccc1SCc1ccco1)NCc1ccccc1F. The predicted octanol–water partition coefficient (Wildman–Crippen LogP) is 4.18. The van der Waals surface area contributed by atoms with Gasteiger partial charge in [0.25, 0.3) is 5.91 Å². The maximum atomic E-state index is 13.5. The molecule has 0 aliphatic rings. The third-order valence-corrected chi connectivity index (χ3v) is 4.92. The molecule has 1 amide bonds. The number of rotatable bonds is 8. The molecule has 0 aliphatic carbocycles. The second-order valence-electron chi connectivity index (χ2n) is 5.81. The highest BCUT2D eigenvalue weighted by atomic mass is 32.2. The van der Waals surface area contributed by atoms with Gasteiger partial charge >= 0.3 is 5.97 Å². The van der Waals surface area contributed by atoms with Crippen LogP contribution in [0.2, 0.25) is 0 Å². The summed E-state index contributed by atoms with van der Waals surface area (Å²) >= 11 is 1.44. The number of esters is 1. The molecule has 1 aromatic heterocycles. The highest BCUT2D eigenvalue weighted by molar-refractivity contribution is 7.98. The quantitative estimate of drug-likeness (QED) is 0.455. The van der Waals surface area contributed by atoms with E-state index in [9.17, 15) is 14.0 Å². The van der Waals surface area contributed by atoms with Crippen LogP contribution in [-0.2, 0) is 21.8 Å². The van der Waals surface area contributed by atoms with Crippen LogP contribution in [0.5, 0.6) is 0 Å². The Kier molecular flexibility index (Phi) is 6.86. The fourth-order valence-electron chi connectivity index (χ4n) is 2.40. The number of carbonyl (C=O) groups is 2. The first-order valence-corrected chi connectivity index (χ1v) is 9.53. The van der Waals surface area contributed by atoms with Gasteiger partial charge in [-0.05, 0) is 30.3 Å². The van der Waals surface area contributed by atoms with Crippen molar-refractivity contribution in [3.05, 3.63) is 89.6 Å². The van der Waals surface area contributed by atoms with Gasteiger partial charge < -0.3 is 14.5 Å². The Hall–Kier alpha value is -3.06. The normalized spacial score (nSPS) is 10.5. The Morgan fingerprint density at radius 3 is 2.61 bits per heavy atom. The average molecular weight is 399 g/mol. The molecule has 0 saturated carbocycles. The minimum Gasteiger partial charge on any atom is -0.468 e. The zero-order valence-corrected chi connectivity index (χ0v) is 15.7. The maximum Gasteiger partial charge on any atom is 0.339 e. The molecular formula is C21H18FNO4S. The molecule has 5 nitrogen and oxygen atoms in total. The van der Waals surface area contributed by atoms with Gasteiger partial charge in [-0.15, -0.1) is 11.8 Å². The van der Waals surface area contributed by atoms with Gasteiger partial charge in [-0.3, -0.25) is 4.79 Å². The first kappa shape index (κ1) is 19.7. The third kappa shape index (κ3) is 5.47. The molecule has 0 fully saturated rings. The summed E-state index contributed by atoms with van der Waals surface area (Å²) in [5.74, 6) is -0.135. The molecular weight excluding hydrogens is 381 g/mol. The topological polar surface area (TPSA) is 68.5 Å². The number of furan rings is 1. The number of nitrogens with one attached hydrogen (secondary N) is 1. The number of amides is 1. The summed E-state index contributed by atoms with van der Waals surface area (Å²) in [4.78, 5) is 25.0. The first-order valence-electron chi connectivity index (χ1n) is 8.55. The van der Waals surface area contributed by atoms with E-state index in [0.29, 0.717) is 16.9 Å². The molecule has 0 saturated heterocycles. The van der Waals surface area contributed by atoms with Crippen LogP contribution in [-0.4, -0.2) is 18.5 Å². The Balaban J connectivity index is 1.51. The zero-order chi connectivity index (χ0) is 19.8. The van der Waals surface area contributed by atoms with Gasteiger partial charge in [-0.2, -0.15) is 0 Å². The van der Waals surface area contributed by atoms with Crippen LogP contribution in [0.4, 0.5) is 4.39 Å². The molecule has 0 unspecified atom stereocenters. The molecule has 1 N–H and O–H groups in total. The summed E-state index contributed by atoms with van der Waals surface area (Å²) in [5, 5.41) is 2.53. The van der Waals surface area contributed by atoms with E-state index in [0.717, 1.165) is 10.7 Å². The van der Waals surface area contributed by atoms with Crippen LogP contribution in [0.25, 0.3) is 0 Å². The lowest BCUT2D eigenvalue weighted by Gasteiger charge is -2.10. The summed E-state index contributed by atoms with van der Waals surface area (Å²) < 4.78 is 23.9. The number of hydrogen-bond acceptors (Lipinski definition) is 5. The van der Waals surface area contributed by atoms with Gasteiger partial charge in [0, 0.05) is 17.0 Å². The summed E-state index contributed by atoms with van der Waals surface area (Å²) in [6.45, 7) is -0.414. The second kappa shape index (κ2) is 9.75. The zero-order valence-electron chi connectivity index (χ0n) is 14.9. The highest BCUT2D eigenvalue weighted by Crippen LogP contribution is 2.27. The number of hydrogen-bond donors (Lipinski definition) is 1. The van der Waals surface area contributed by atoms with Crippen molar-refractivity contribution in [1.82, 2.24) is 5.32 Å². The largest absolute Gasteiger partial charge is 0.468 e. The van der Waals surface area contributed by atoms with Crippen LogP contribution in [0.15, 0.2) is 76.2 Å². The molecule has 144 valence electrons. The summed E-state index contributed by atoms with van der Waals surface area (Å²) in [7, 11) is 0. The predicted molar refractivity (Wildman–Crippen MR) is 103 cm³/mol. The average Bonchev–Trinajstić information content (AvgIpc) is 3.24. The molecule has 0 aliphatic heterocycles. The van der Waals surface area contributed by atoms with Gasteiger partial charge in [0.05, 0.1) is 17.6 Å². The van der Waals surface area contributed by atoms with Gasteiger partial charge in [0.15, 0.2) is 6.61 Å². The summed E-state index contributed by atoms with van der Waals surface area (Å²) in [6, 6.07) is 16.8. The van der Waals surface area contributed by atoms with Crippen molar-refractivity contribution in [2.75, 3.05) is 6.61 Å². The van der Waals surface area contributed by atoms with E-state index in [4.69, 9.17) is 9.15 Å². The van der Waals surface area contributed by atoms with Gasteiger partial charge in [0.2, 0.25) is 0 Å². The van der Waals surface area contributed by atoms with E-state index >= 15 is 0 Å². The highest BCUT2D eigenvalue weighted by Gasteiger charge is 2.15. The molecule has 2 aromatic carbocycles. The fraction of sp³-hybridized carbons (Fsp3) is 0.143. The van der Waals surface area contributed by atoms with E-state index < -0.39 is 24.3 Å². The summed E-state index contributed by atoms with van der Waals surface area (Å²) in [5.41, 5.74) is 0.739. The Labute approximate surface area is 165 Å². The van der Waals surface area contributed by atoms with Crippen molar-refractivity contribution in [2.45, 2.75) is 17.2 Å². The fourth-order valence-corrected chi connectivity index (χ4v) is 3.34. The van der Waals surface area contributed by atoms with Crippen LogP contribution in [0.1, 0.15) is 21.7 Å². The second-order valence-corrected chi connectivity index (χ2v) is 6.83. The lowest BCUT2D eigenvalue weighted by molar-refractivity contribution is -0.124. The molecule has 3 aromatic rings. The lowest BCUT2D eigenvalue weighted by Crippen LogP contribution is -2.28. The monoisotopic (exact) mass is 399 g/mol. The molecule has 7 heteroatoms. The van der Waals surface area contributed by atoms with Crippen molar-refractivity contribution in [3.8, 4) is 0 Å². The van der Waals surface area contributed by atoms with E-state index in [2.05, 4.69) is 5.32 Å². The van der Waals surface area contributed by atoms with Crippen molar-refractivity contribution < 1.29 is 23.1 Å². The van der Waals surface area contributed by atoms with E-state index in [1.165, 1.54) is 17.8 Å². The van der Waals surface area contributed by atoms with E-state index in [1.54, 1.807) is 42.7 Å². The van der Waals surface area contributed by atoms with Crippen molar-refractivity contribution >= 4 is 23.6 Å². The Bertz CT molecular complexity index is 943. The van der Waals surface area contributed by atoms with Crippen molar-refractivity contribution in [2.24, 2.45) is 0 Å². The van der Waals surface area contributed by atoms with Crippen molar-refractivity contribution in [1.29, 1.82) is 0 Å². The van der Waals surface area contributed by atoms with Gasteiger partial charge in [-0.25, -0.2) is 9.18 Å². The third-order valence-electron chi connectivity index (χ3n) is 3.83. The number of benzene rings is 2. The number of ether oxygens (including phenoxy) is 1. The lowest BCUT2D eigenvalue weighted by atomic mass is 10.2. The van der Waals surface area contributed by atoms with Crippen LogP contribution in [0.3, 0.4) is 0 Å². The summed E-state index contributed by atoms with van der Waals surface area (Å²) in [6.07, 6.45) is 1.59. The van der Waals surface area contributed by atoms with Crippen molar-refractivity contribution in [3.63, 3.8) is 0 Å². The van der Waals surface area contributed by atoms with Crippen LogP contribution >= 0.6 is 11.8 Å². The molecule has 0 atom stereocenters. The Morgan fingerprint density at radius 2 is 1.82 bits per heavy atom. The number of halogens is 1. The molecule has 3 rings (SSSR count). The van der Waals surface area contributed by atoms with Gasteiger partial charge in [0.1, 0.15) is 11.6 Å². The molecule has 28 heavy (non-hydrogen) atoms. The molecule has 0 radical (unpaired) electrons. The minimum absolute atomic E-state index is 0.0264. The minimum atomic E-state index is -0.594. The van der Waals surface area contributed by atoms with Crippen LogP contribution < -0.4 is 5.32 Å².